The molecule has 1 saturated heterocycles. The van der Waals surface area contributed by atoms with Crippen molar-refractivity contribution in [1.82, 2.24) is 4.23 Å². The lowest BCUT2D eigenvalue weighted by molar-refractivity contribution is 0.00578. The van der Waals surface area contributed by atoms with Crippen molar-refractivity contribution < 1.29 is 9.31 Å². The SMILES string of the molecule is CC(C)[Si](C(C)C)(C(C)C)n1ccc2c(B3OC(C)(C)C(C)(C)O3)cccc21. The van der Waals surface area contributed by atoms with Crippen molar-refractivity contribution in [2.45, 2.75) is 97.1 Å². The number of nitrogens with zero attached hydrogens (tertiary/aromatic N) is 1. The Kier molecular flexibility index (Phi) is 5.44. The third-order valence-electron chi connectivity index (χ3n) is 7.47. The molecule has 0 radical (unpaired) electrons. The minimum Gasteiger partial charge on any atom is -0.399 e. The molecule has 0 N–H and O–H groups in total. The zero-order valence-electron chi connectivity index (χ0n) is 19.5. The van der Waals surface area contributed by atoms with Crippen molar-refractivity contribution in [3.63, 3.8) is 0 Å². The van der Waals surface area contributed by atoms with Crippen LogP contribution in [0, 0.1) is 0 Å². The van der Waals surface area contributed by atoms with Crippen LogP contribution in [0.1, 0.15) is 69.2 Å². The zero-order chi connectivity index (χ0) is 21.1. The number of benzene rings is 1. The van der Waals surface area contributed by atoms with E-state index in [9.17, 15) is 0 Å². The second kappa shape index (κ2) is 7.03. The van der Waals surface area contributed by atoms with Crippen LogP contribution in [0.15, 0.2) is 30.5 Å². The Labute approximate surface area is 173 Å². The largest absolute Gasteiger partial charge is 0.495 e. The molecule has 1 aliphatic rings. The van der Waals surface area contributed by atoms with Crippen LogP contribution >= 0.6 is 0 Å². The maximum atomic E-state index is 6.38. The lowest BCUT2D eigenvalue weighted by Gasteiger charge is -2.44. The van der Waals surface area contributed by atoms with Gasteiger partial charge in [-0.15, -0.1) is 0 Å². The van der Waals surface area contributed by atoms with Gasteiger partial charge in [-0.25, -0.2) is 0 Å². The highest BCUT2D eigenvalue weighted by Crippen LogP contribution is 2.44. The van der Waals surface area contributed by atoms with E-state index in [-0.39, 0.29) is 18.3 Å². The Balaban J connectivity index is 2.17. The van der Waals surface area contributed by atoms with Crippen LogP contribution in [0.4, 0.5) is 0 Å². The molecule has 0 bridgehead atoms. The highest BCUT2D eigenvalue weighted by atomic mass is 28.3. The summed E-state index contributed by atoms with van der Waals surface area (Å²) in [6.45, 7) is 22.9. The first-order chi connectivity index (χ1) is 12.9. The van der Waals surface area contributed by atoms with Crippen LogP contribution in [-0.4, -0.2) is 30.8 Å². The second-order valence-corrected chi connectivity index (χ2v) is 16.1. The van der Waals surface area contributed by atoms with E-state index in [1.807, 2.05) is 0 Å². The molecule has 2 aromatic rings. The van der Waals surface area contributed by atoms with Gasteiger partial charge in [0.2, 0.25) is 0 Å². The summed E-state index contributed by atoms with van der Waals surface area (Å²) in [5.74, 6) is 0. The van der Waals surface area contributed by atoms with Crippen LogP contribution in [0.2, 0.25) is 16.6 Å². The minimum absolute atomic E-state index is 0.322. The van der Waals surface area contributed by atoms with Crippen molar-refractivity contribution >= 4 is 31.7 Å². The van der Waals surface area contributed by atoms with Crippen LogP contribution in [0.5, 0.6) is 0 Å². The summed E-state index contributed by atoms with van der Waals surface area (Å²) < 4.78 is 15.4. The molecule has 0 unspecified atom stereocenters. The van der Waals surface area contributed by atoms with E-state index < -0.39 is 8.24 Å². The van der Waals surface area contributed by atoms with Gasteiger partial charge in [-0.2, -0.15) is 0 Å². The summed E-state index contributed by atoms with van der Waals surface area (Å²) in [4.78, 5) is 0. The summed E-state index contributed by atoms with van der Waals surface area (Å²) in [5, 5.41) is 1.26. The summed E-state index contributed by atoms with van der Waals surface area (Å²) in [5.41, 5.74) is 3.79. The van der Waals surface area contributed by atoms with Gasteiger partial charge >= 0.3 is 7.12 Å². The molecular weight excluding hydrogens is 361 g/mol. The van der Waals surface area contributed by atoms with E-state index in [2.05, 4.69) is 104 Å². The Bertz CT molecular complexity index is 816. The summed E-state index contributed by atoms with van der Waals surface area (Å²) >= 11 is 0. The quantitative estimate of drug-likeness (QED) is 0.579. The van der Waals surface area contributed by atoms with Gasteiger partial charge in [-0.3, -0.25) is 0 Å². The molecule has 0 amide bonds. The fraction of sp³-hybridized carbons (Fsp3) is 0.652. The fourth-order valence-corrected chi connectivity index (χ4v) is 12.2. The van der Waals surface area contributed by atoms with Gasteiger partial charge in [0.15, 0.2) is 8.24 Å². The molecule has 28 heavy (non-hydrogen) atoms. The molecule has 1 fully saturated rings. The number of rotatable bonds is 5. The Morgan fingerprint density at radius 3 is 1.79 bits per heavy atom. The fourth-order valence-electron chi connectivity index (χ4n) is 5.54. The minimum atomic E-state index is -1.80. The molecule has 3 nitrogen and oxygen atoms in total. The molecule has 1 aliphatic heterocycles. The maximum absolute atomic E-state index is 6.38. The molecule has 0 atom stereocenters. The number of aromatic nitrogens is 1. The number of hydrogen-bond acceptors (Lipinski definition) is 2. The van der Waals surface area contributed by atoms with E-state index >= 15 is 0 Å². The first-order valence-corrected chi connectivity index (χ1v) is 13.0. The summed E-state index contributed by atoms with van der Waals surface area (Å²) in [6, 6.07) is 8.89. The Hall–Kier alpha value is -1.04. The van der Waals surface area contributed by atoms with Crippen LogP contribution < -0.4 is 5.46 Å². The normalized spacial score (nSPS) is 19.5. The summed E-state index contributed by atoms with van der Waals surface area (Å²) in [7, 11) is -2.12. The first kappa shape index (κ1) is 21.7. The number of hydrogen-bond donors (Lipinski definition) is 0. The van der Waals surface area contributed by atoms with Gasteiger partial charge in [0.05, 0.1) is 11.2 Å². The zero-order valence-corrected chi connectivity index (χ0v) is 20.5. The molecule has 2 heterocycles. The van der Waals surface area contributed by atoms with E-state index in [4.69, 9.17) is 9.31 Å². The van der Waals surface area contributed by atoms with Crippen molar-refractivity contribution in [2.24, 2.45) is 0 Å². The molecular formula is C23H38BNO2Si. The van der Waals surface area contributed by atoms with Crippen LogP contribution in [0.3, 0.4) is 0 Å². The van der Waals surface area contributed by atoms with Gasteiger partial charge in [-0.05, 0) is 73.5 Å². The number of fused-ring (bicyclic) bond motifs is 1. The average molecular weight is 399 g/mol. The first-order valence-electron chi connectivity index (χ1n) is 10.8. The van der Waals surface area contributed by atoms with Crippen LogP contribution in [0.25, 0.3) is 10.9 Å². The lowest BCUT2D eigenvalue weighted by atomic mass is 9.77. The molecule has 0 saturated carbocycles. The lowest BCUT2D eigenvalue weighted by Crippen LogP contribution is -2.51. The van der Waals surface area contributed by atoms with Gasteiger partial charge < -0.3 is 13.5 Å². The van der Waals surface area contributed by atoms with Crippen LogP contribution in [-0.2, 0) is 9.31 Å². The van der Waals surface area contributed by atoms with E-state index in [1.165, 1.54) is 10.9 Å². The Morgan fingerprint density at radius 1 is 0.821 bits per heavy atom. The Morgan fingerprint density at radius 2 is 1.32 bits per heavy atom. The van der Waals surface area contributed by atoms with E-state index in [0.717, 1.165) is 5.46 Å². The molecule has 1 aromatic heterocycles. The highest BCUT2D eigenvalue weighted by molar-refractivity contribution is 6.82. The average Bonchev–Trinajstić information content (AvgIpc) is 3.06. The van der Waals surface area contributed by atoms with Gasteiger partial charge in [-0.1, -0.05) is 53.7 Å². The summed E-state index contributed by atoms with van der Waals surface area (Å²) in [6.07, 6.45) is 2.34. The molecule has 3 rings (SSSR count). The standard InChI is InChI=1S/C23H38BNO2Si/c1-16(2)28(17(3)4,18(5)6)25-15-14-19-20(12-11-13-21(19)25)24-26-22(7,8)23(9,10)27-24/h11-18H,1-10H3. The van der Waals surface area contributed by atoms with Gasteiger partial charge in [0, 0.05) is 5.52 Å². The van der Waals surface area contributed by atoms with Gasteiger partial charge in [0.25, 0.3) is 0 Å². The molecule has 0 spiro atoms. The van der Waals surface area contributed by atoms with E-state index in [1.54, 1.807) is 0 Å². The molecule has 0 aliphatic carbocycles. The van der Waals surface area contributed by atoms with Crippen molar-refractivity contribution in [1.29, 1.82) is 0 Å². The van der Waals surface area contributed by atoms with E-state index in [0.29, 0.717) is 16.6 Å². The molecule has 154 valence electrons. The predicted octanol–water partition coefficient (Wildman–Crippen LogP) is 5.96. The predicted molar refractivity (Wildman–Crippen MR) is 124 cm³/mol. The topological polar surface area (TPSA) is 23.4 Å². The second-order valence-electron chi connectivity index (χ2n) is 10.4. The third kappa shape index (κ3) is 3.01. The smallest absolute Gasteiger partial charge is 0.399 e. The molecule has 1 aromatic carbocycles. The van der Waals surface area contributed by atoms with Gasteiger partial charge in [0.1, 0.15) is 0 Å². The van der Waals surface area contributed by atoms with Crippen molar-refractivity contribution in [2.75, 3.05) is 0 Å². The highest BCUT2D eigenvalue weighted by Gasteiger charge is 2.52. The molecule has 5 heteroatoms. The maximum Gasteiger partial charge on any atom is 0.495 e. The third-order valence-corrected chi connectivity index (χ3v) is 14.2. The van der Waals surface area contributed by atoms with Crippen molar-refractivity contribution in [3.8, 4) is 0 Å². The van der Waals surface area contributed by atoms with Crippen molar-refractivity contribution in [3.05, 3.63) is 30.5 Å². The monoisotopic (exact) mass is 399 g/mol.